The van der Waals surface area contributed by atoms with Crippen molar-refractivity contribution in [1.29, 1.82) is 0 Å². The van der Waals surface area contributed by atoms with E-state index in [1.165, 1.54) is 11.8 Å². The zero-order chi connectivity index (χ0) is 24.7. The molecule has 10 atom stereocenters. The van der Waals surface area contributed by atoms with Gasteiger partial charge in [0, 0.05) is 25.8 Å². The molecule has 0 saturated carbocycles. The van der Waals surface area contributed by atoms with Gasteiger partial charge in [-0.15, -0.1) is 0 Å². The summed E-state index contributed by atoms with van der Waals surface area (Å²) < 4.78 is 16.5. The molecule has 33 heavy (non-hydrogen) atoms. The van der Waals surface area contributed by atoms with Crippen LogP contribution in [0.15, 0.2) is 0 Å². The van der Waals surface area contributed by atoms with Gasteiger partial charge in [-0.1, -0.05) is 0 Å². The maximum Gasteiger partial charge on any atom is 0.221 e. The molecule has 0 aromatic heterocycles. The normalized spacial score (nSPS) is 39.4. The Morgan fingerprint density at radius 3 is 2.18 bits per heavy atom. The summed E-state index contributed by atoms with van der Waals surface area (Å²) in [6.45, 7) is 0.712. The molecule has 0 bridgehead atoms. The van der Waals surface area contributed by atoms with Crippen molar-refractivity contribution >= 4 is 17.7 Å². The van der Waals surface area contributed by atoms with Crippen LogP contribution in [0.4, 0.5) is 0 Å². The lowest BCUT2D eigenvalue weighted by Gasteiger charge is -2.48. The summed E-state index contributed by atoms with van der Waals surface area (Å²) in [6, 6.07) is 0. The Balaban J connectivity index is 2.10. The van der Waals surface area contributed by atoms with Crippen molar-refractivity contribution in [3.63, 3.8) is 0 Å². The number of rotatable bonds is 11. The molecule has 0 aromatic rings. The van der Waals surface area contributed by atoms with Crippen LogP contribution in [0, 0.1) is 0 Å². The van der Waals surface area contributed by atoms with Gasteiger partial charge in [0.05, 0.1) is 13.2 Å². The molecule has 2 aliphatic rings. The van der Waals surface area contributed by atoms with Crippen molar-refractivity contribution < 1.29 is 54.8 Å². The van der Waals surface area contributed by atoms with Crippen LogP contribution in [0.1, 0.15) is 13.3 Å². The van der Waals surface area contributed by atoms with Gasteiger partial charge < -0.3 is 60.6 Å². The van der Waals surface area contributed by atoms with E-state index in [-0.39, 0.29) is 6.54 Å². The van der Waals surface area contributed by atoms with E-state index in [9.17, 15) is 40.5 Å². The molecule has 194 valence electrons. The summed E-state index contributed by atoms with van der Waals surface area (Å²) in [4.78, 5) is 13.4. The van der Waals surface area contributed by atoms with E-state index in [4.69, 9.17) is 19.9 Å². The zero-order valence-corrected chi connectivity index (χ0v) is 19.2. The van der Waals surface area contributed by atoms with Gasteiger partial charge in [-0.3, -0.25) is 4.79 Å². The highest BCUT2D eigenvalue weighted by molar-refractivity contribution is 7.99. The molecule has 0 spiro atoms. The van der Waals surface area contributed by atoms with Crippen LogP contribution < -0.4 is 5.73 Å². The number of amides is 1. The van der Waals surface area contributed by atoms with Gasteiger partial charge in [0.25, 0.3) is 0 Å². The minimum Gasteiger partial charge on any atom is -0.394 e. The van der Waals surface area contributed by atoms with Crippen LogP contribution in [-0.2, 0) is 19.0 Å². The number of hydrogen-bond acceptors (Lipinski definition) is 13. The van der Waals surface area contributed by atoms with Gasteiger partial charge in [0.1, 0.15) is 48.8 Å². The predicted molar refractivity (Wildman–Crippen MR) is 115 cm³/mol. The van der Waals surface area contributed by atoms with Crippen molar-refractivity contribution in [2.45, 2.75) is 74.7 Å². The lowest BCUT2D eigenvalue weighted by atomic mass is 9.96. The highest BCUT2D eigenvalue weighted by Gasteiger charge is 2.51. The lowest BCUT2D eigenvalue weighted by Crippen LogP contribution is -2.67. The average Bonchev–Trinajstić information content (AvgIpc) is 2.79. The van der Waals surface area contributed by atoms with Crippen molar-refractivity contribution in [2.75, 3.05) is 37.8 Å². The first-order chi connectivity index (χ1) is 15.7. The third kappa shape index (κ3) is 6.96. The van der Waals surface area contributed by atoms with E-state index in [1.807, 2.05) is 0 Å². The fourth-order valence-corrected chi connectivity index (χ4v) is 4.52. The number of carbonyl (C=O) groups is 1. The maximum atomic E-state index is 12.2. The Labute approximate surface area is 196 Å². The number of nitrogens with zero attached hydrogens (tertiary/aromatic N) is 1. The first-order valence-electron chi connectivity index (χ1n) is 10.8. The number of ether oxygens (including phenoxy) is 3. The zero-order valence-electron chi connectivity index (χ0n) is 18.4. The van der Waals surface area contributed by atoms with E-state index < -0.39 is 80.5 Å². The second-order valence-corrected chi connectivity index (χ2v) is 9.22. The minimum absolute atomic E-state index is 0.234. The van der Waals surface area contributed by atoms with Gasteiger partial charge in [-0.2, -0.15) is 11.8 Å². The summed E-state index contributed by atoms with van der Waals surface area (Å²) in [6.07, 6.45) is -14.5. The molecule has 2 fully saturated rings. The minimum atomic E-state index is -1.75. The highest BCUT2D eigenvalue weighted by atomic mass is 32.2. The monoisotopic (exact) mass is 500 g/mol. The largest absolute Gasteiger partial charge is 0.394 e. The van der Waals surface area contributed by atoms with Crippen molar-refractivity contribution in [1.82, 2.24) is 4.90 Å². The van der Waals surface area contributed by atoms with Gasteiger partial charge in [0.15, 0.2) is 12.5 Å². The van der Waals surface area contributed by atoms with Gasteiger partial charge in [-0.05, 0) is 12.2 Å². The van der Waals surface area contributed by atoms with Crippen LogP contribution in [0.2, 0.25) is 0 Å². The molecule has 0 radical (unpaired) electrons. The number of aliphatic hydroxyl groups excluding tert-OH is 7. The Hall–Kier alpha value is -0.620. The molecule has 2 heterocycles. The van der Waals surface area contributed by atoms with E-state index >= 15 is 0 Å². The van der Waals surface area contributed by atoms with E-state index in [0.717, 1.165) is 11.5 Å². The van der Waals surface area contributed by atoms with Gasteiger partial charge in [0.2, 0.25) is 5.91 Å². The second kappa shape index (κ2) is 13.5. The predicted octanol–water partition coefficient (Wildman–Crippen LogP) is -4.46. The Bertz CT molecular complexity index is 602. The highest BCUT2D eigenvalue weighted by Crippen LogP contribution is 2.30. The van der Waals surface area contributed by atoms with Gasteiger partial charge in [-0.25, -0.2) is 0 Å². The quantitative estimate of drug-likeness (QED) is 0.126. The lowest BCUT2D eigenvalue weighted by molar-refractivity contribution is -0.347. The summed E-state index contributed by atoms with van der Waals surface area (Å²) in [7, 11) is 0. The van der Waals surface area contributed by atoms with E-state index in [1.54, 1.807) is 11.8 Å². The number of thioether (sulfide) groups is 1. The second-order valence-electron chi connectivity index (χ2n) is 7.99. The summed E-state index contributed by atoms with van der Waals surface area (Å²) in [5.74, 6) is 1.09. The van der Waals surface area contributed by atoms with Crippen LogP contribution in [-0.4, -0.2) is 146 Å². The molecule has 9 N–H and O–H groups in total. The summed E-state index contributed by atoms with van der Waals surface area (Å²) in [5.41, 5.74) is 5.45. The number of nitrogens with two attached hydrogens (primary N) is 1. The van der Waals surface area contributed by atoms with E-state index in [0.29, 0.717) is 13.0 Å². The molecular formula is C19H36N2O11S. The van der Waals surface area contributed by atoms with Crippen LogP contribution in [0.3, 0.4) is 0 Å². The fraction of sp³-hybridized carbons (Fsp3) is 0.947. The van der Waals surface area contributed by atoms with Crippen molar-refractivity contribution in [2.24, 2.45) is 5.73 Å². The molecule has 0 aromatic carbocycles. The van der Waals surface area contributed by atoms with E-state index in [2.05, 4.69) is 0 Å². The molecule has 2 aliphatic heterocycles. The molecule has 13 nitrogen and oxygen atoms in total. The van der Waals surface area contributed by atoms with Crippen molar-refractivity contribution in [3.05, 3.63) is 0 Å². The molecule has 1 amide bonds. The first-order valence-corrected chi connectivity index (χ1v) is 12.0. The average molecular weight is 501 g/mol. The maximum absolute atomic E-state index is 12.2. The van der Waals surface area contributed by atoms with Crippen LogP contribution >= 0.6 is 11.8 Å². The molecule has 0 unspecified atom stereocenters. The molecular weight excluding hydrogens is 464 g/mol. The van der Waals surface area contributed by atoms with Crippen molar-refractivity contribution in [3.8, 4) is 0 Å². The molecule has 14 heteroatoms. The first kappa shape index (κ1) is 28.6. The third-order valence-electron chi connectivity index (χ3n) is 5.64. The van der Waals surface area contributed by atoms with Gasteiger partial charge >= 0.3 is 0 Å². The standard InChI is InChI=1S/C19H36N2O11S/c1-9(24)21(4-2-5-33-6-3-20)18-15(28)14(27)17(11(8-23)30-18)32-19-16(29)13(26)12(25)10(7-22)31-19/h10-19,22-23,25-29H,2-8,20H2,1H3/t10-,11-,12-,13+,14-,15-,16-,17-,18-,19-/m1/s1. The smallest absolute Gasteiger partial charge is 0.221 e. The molecule has 2 rings (SSSR count). The topological polar surface area (TPSA) is 216 Å². The van der Waals surface area contributed by atoms with Crippen LogP contribution in [0.25, 0.3) is 0 Å². The number of aliphatic hydroxyl groups is 7. The molecule has 2 saturated heterocycles. The fourth-order valence-electron chi connectivity index (χ4n) is 3.81. The number of carbonyl (C=O) groups excluding carboxylic acids is 1. The Morgan fingerprint density at radius 2 is 1.61 bits per heavy atom. The summed E-state index contributed by atoms with van der Waals surface area (Å²) in [5, 5.41) is 70.5. The Kier molecular flexibility index (Phi) is 11.7. The third-order valence-corrected chi connectivity index (χ3v) is 6.74. The summed E-state index contributed by atoms with van der Waals surface area (Å²) >= 11 is 1.61. The molecule has 0 aliphatic carbocycles. The Morgan fingerprint density at radius 1 is 0.939 bits per heavy atom. The van der Waals surface area contributed by atoms with Crippen LogP contribution in [0.5, 0.6) is 0 Å². The number of hydrogen-bond donors (Lipinski definition) is 8. The SMILES string of the molecule is CC(=O)N(CCCSCCN)[C@@H]1O[C@H](CO)[C@@H](O[C@H]2O[C@H](CO)[C@@H](O)[C@H](O)[C@H]2O)[C@H](O)[C@H]1O.